The predicted molar refractivity (Wildman–Crippen MR) is 80.6 cm³/mol. The van der Waals surface area contributed by atoms with Crippen LogP contribution in [0, 0.1) is 12.8 Å². The molecular formula is C15H26N2OS. The Kier molecular flexibility index (Phi) is 4.64. The van der Waals surface area contributed by atoms with Gasteiger partial charge in [-0.1, -0.05) is 19.8 Å². The summed E-state index contributed by atoms with van der Waals surface area (Å²) in [6.07, 6.45) is 5.03. The topological polar surface area (TPSA) is 36.4 Å². The third kappa shape index (κ3) is 3.18. The molecule has 3 nitrogen and oxygen atoms in total. The van der Waals surface area contributed by atoms with Gasteiger partial charge >= 0.3 is 0 Å². The van der Waals surface area contributed by atoms with Gasteiger partial charge in [0.15, 0.2) is 0 Å². The molecule has 0 amide bonds. The summed E-state index contributed by atoms with van der Waals surface area (Å²) < 4.78 is 0. The SMILES string of the molecule is Cc1nc(CC(O)C2(N(C)C)CCCC(C)C2)cs1. The fraction of sp³-hybridized carbons (Fsp3) is 0.800. The van der Waals surface area contributed by atoms with E-state index in [-0.39, 0.29) is 11.6 Å². The number of aromatic nitrogens is 1. The molecule has 19 heavy (non-hydrogen) atoms. The highest BCUT2D eigenvalue weighted by molar-refractivity contribution is 7.09. The minimum atomic E-state index is -0.327. The average Bonchev–Trinajstić information content (AvgIpc) is 2.74. The van der Waals surface area contributed by atoms with Gasteiger partial charge in [-0.25, -0.2) is 4.98 Å². The van der Waals surface area contributed by atoms with E-state index >= 15 is 0 Å². The number of hydrogen-bond donors (Lipinski definition) is 1. The van der Waals surface area contributed by atoms with E-state index in [0.717, 1.165) is 23.5 Å². The van der Waals surface area contributed by atoms with Crippen molar-refractivity contribution in [1.82, 2.24) is 9.88 Å². The summed E-state index contributed by atoms with van der Waals surface area (Å²) >= 11 is 1.67. The van der Waals surface area contributed by atoms with Gasteiger partial charge in [-0.2, -0.15) is 0 Å². The van der Waals surface area contributed by atoms with Gasteiger partial charge in [-0.3, -0.25) is 0 Å². The van der Waals surface area contributed by atoms with Crippen molar-refractivity contribution in [3.8, 4) is 0 Å². The molecular weight excluding hydrogens is 256 g/mol. The van der Waals surface area contributed by atoms with Crippen LogP contribution in [0.5, 0.6) is 0 Å². The molecule has 0 bridgehead atoms. The van der Waals surface area contributed by atoms with Crippen LogP contribution < -0.4 is 0 Å². The summed E-state index contributed by atoms with van der Waals surface area (Å²) in [5.74, 6) is 0.697. The van der Waals surface area contributed by atoms with Crippen molar-refractivity contribution in [2.24, 2.45) is 5.92 Å². The number of rotatable bonds is 4. The maximum Gasteiger partial charge on any atom is 0.0897 e. The third-order valence-electron chi connectivity index (χ3n) is 4.59. The number of nitrogens with zero attached hydrogens (tertiary/aromatic N) is 2. The van der Waals surface area contributed by atoms with Crippen molar-refractivity contribution >= 4 is 11.3 Å². The van der Waals surface area contributed by atoms with E-state index in [9.17, 15) is 5.11 Å². The number of likely N-dealkylation sites (N-methyl/N-ethyl adjacent to an activating group) is 1. The molecule has 3 unspecified atom stereocenters. The van der Waals surface area contributed by atoms with E-state index in [1.165, 1.54) is 12.8 Å². The Bertz CT molecular complexity index is 418. The Morgan fingerprint density at radius 1 is 1.58 bits per heavy atom. The quantitative estimate of drug-likeness (QED) is 0.922. The second-order valence-corrected chi connectivity index (χ2v) is 7.34. The molecule has 0 aliphatic heterocycles. The van der Waals surface area contributed by atoms with E-state index in [2.05, 4.69) is 36.3 Å². The lowest BCUT2D eigenvalue weighted by Gasteiger charge is -2.48. The molecule has 0 aromatic carbocycles. The zero-order chi connectivity index (χ0) is 14.0. The van der Waals surface area contributed by atoms with E-state index in [1.54, 1.807) is 11.3 Å². The number of aliphatic hydroxyl groups excluding tert-OH is 1. The van der Waals surface area contributed by atoms with Gasteiger partial charge in [-0.05, 0) is 39.8 Å². The summed E-state index contributed by atoms with van der Waals surface area (Å²) in [5.41, 5.74) is 0.962. The summed E-state index contributed by atoms with van der Waals surface area (Å²) in [4.78, 5) is 6.74. The highest BCUT2D eigenvalue weighted by Gasteiger charge is 2.43. The van der Waals surface area contributed by atoms with Crippen LogP contribution in [-0.4, -0.2) is 40.7 Å². The first-order valence-electron chi connectivity index (χ1n) is 7.20. The molecule has 1 aromatic rings. The molecule has 0 radical (unpaired) electrons. The summed E-state index contributed by atoms with van der Waals surface area (Å²) in [7, 11) is 4.21. The molecule has 1 aromatic heterocycles. The normalized spacial score (nSPS) is 29.7. The summed E-state index contributed by atoms with van der Waals surface area (Å²) in [5, 5.41) is 14.0. The molecule has 1 N–H and O–H groups in total. The third-order valence-corrected chi connectivity index (χ3v) is 5.41. The van der Waals surface area contributed by atoms with Crippen molar-refractivity contribution in [3.63, 3.8) is 0 Å². The first kappa shape index (κ1) is 14.9. The van der Waals surface area contributed by atoms with Gasteiger partial charge in [0.2, 0.25) is 0 Å². The van der Waals surface area contributed by atoms with Crippen molar-refractivity contribution < 1.29 is 5.11 Å². The fourth-order valence-electron chi connectivity index (χ4n) is 3.46. The van der Waals surface area contributed by atoms with Crippen molar-refractivity contribution in [3.05, 3.63) is 16.1 Å². The molecule has 1 aliphatic carbocycles. The first-order chi connectivity index (χ1) is 8.94. The predicted octanol–water partition coefficient (Wildman–Crippen LogP) is 2.87. The molecule has 0 saturated heterocycles. The highest BCUT2D eigenvalue weighted by atomic mass is 32.1. The Morgan fingerprint density at radius 2 is 2.32 bits per heavy atom. The van der Waals surface area contributed by atoms with Crippen molar-refractivity contribution in [1.29, 1.82) is 0 Å². The van der Waals surface area contributed by atoms with E-state index in [1.807, 2.05) is 6.92 Å². The average molecular weight is 282 g/mol. The molecule has 3 atom stereocenters. The lowest BCUT2D eigenvalue weighted by atomic mass is 9.71. The van der Waals surface area contributed by atoms with Crippen LogP contribution in [0.3, 0.4) is 0 Å². The fourth-order valence-corrected chi connectivity index (χ4v) is 4.09. The number of aliphatic hydroxyl groups is 1. The van der Waals surface area contributed by atoms with Gasteiger partial charge in [0, 0.05) is 17.3 Å². The monoisotopic (exact) mass is 282 g/mol. The maximum absolute atomic E-state index is 10.8. The largest absolute Gasteiger partial charge is 0.391 e. The molecule has 1 saturated carbocycles. The van der Waals surface area contributed by atoms with Crippen LogP contribution in [-0.2, 0) is 6.42 Å². The number of thiazole rings is 1. The zero-order valence-electron chi connectivity index (χ0n) is 12.5. The molecule has 108 valence electrons. The van der Waals surface area contributed by atoms with Gasteiger partial charge in [-0.15, -0.1) is 11.3 Å². The minimum Gasteiger partial charge on any atom is -0.391 e. The second-order valence-electron chi connectivity index (χ2n) is 6.28. The summed E-state index contributed by atoms with van der Waals surface area (Å²) in [6.45, 7) is 4.32. The van der Waals surface area contributed by atoms with Crippen LogP contribution in [0.2, 0.25) is 0 Å². The Balaban J connectivity index is 2.14. The lowest BCUT2D eigenvalue weighted by Crippen LogP contribution is -2.56. The van der Waals surface area contributed by atoms with Crippen molar-refractivity contribution in [2.45, 2.75) is 57.6 Å². The molecule has 4 heteroatoms. The molecule has 2 rings (SSSR count). The van der Waals surface area contributed by atoms with Crippen LogP contribution in [0.15, 0.2) is 5.38 Å². The minimum absolute atomic E-state index is 0.0742. The van der Waals surface area contributed by atoms with Crippen LogP contribution in [0.1, 0.15) is 43.3 Å². The number of hydrogen-bond acceptors (Lipinski definition) is 4. The molecule has 1 heterocycles. The molecule has 1 aliphatic rings. The van der Waals surface area contributed by atoms with Gasteiger partial charge in [0.05, 0.1) is 16.8 Å². The smallest absolute Gasteiger partial charge is 0.0897 e. The second kappa shape index (κ2) is 5.90. The van der Waals surface area contributed by atoms with E-state index in [0.29, 0.717) is 12.3 Å². The van der Waals surface area contributed by atoms with E-state index < -0.39 is 0 Å². The van der Waals surface area contributed by atoms with Crippen LogP contribution in [0.25, 0.3) is 0 Å². The molecule has 0 spiro atoms. The molecule has 1 fully saturated rings. The first-order valence-corrected chi connectivity index (χ1v) is 8.08. The Hall–Kier alpha value is -0.450. The lowest BCUT2D eigenvalue weighted by molar-refractivity contribution is -0.0428. The Labute approximate surface area is 120 Å². The van der Waals surface area contributed by atoms with Gasteiger partial charge in [0.1, 0.15) is 0 Å². The summed E-state index contributed by atoms with van der Waals surface area (Å²) in [6, 6.07) is 0. The van der Waals surface area contributed by atoms with Crippen LogP contribution in [0.4, 0.5) is 0 Å². The van der Waals surface area contributed by atoms with E-state index in [4.69, 9.17) is 0 Å². The number of aryl methyl sites for hydroxylation is 1. The van der Waals surface area contributed by atoms with Crippen LogP contribution >= 0.6 is 11.3 Å². The zero-order valence-corrected chi connectivity index (χ0v) is 13.3. The maximum atomic E-state index is 10.8. The van der Waals surface area contributed by atoms with Gasteiger partial charge in [0.25, 0.3) is 0 Å². The Morgan fingerprint density at radius 3 is 2.84 bits per heavy atom. The standard InChI is InChI=1S/C15H26N2OS/c1-11-6-5-7-15(9-11,17(3)4)14(18)8-13-10-19-12(2)16-13/h10-11,14,18H,5-9H2,1-4H3. The van der Waals surface area contributed by atoms with Gasteiger partial charge < -0.3 is 10.0 Å². The van der Waals surface area contributed by atoms with Crippen molar-refractivity contribution in [2.75, 3.05) is 14.1 Å². The highest BCUT2D eigenvalue weighted by Crippen LogP contribution is 2.39.